The number of hydrogen-bond donors (Lipinski definition) is 1. The van der Waals surface area contributed by atoms with Crippen LogP contribution < -0.4 is 19.9 Å². The summed E-state index contributed by atoms with van der Waals surface area (Å²) in [5.41, 5.74) is 3.72. The summed E-state index contributed by atoms with van der Waals surface area (Å²) in [5.74, 6) is 1.31. The molecule has 0 fully saturated rings. The molecule has 0 unspecified atom stereocenters. The minimum Gasteiger partial charge on any atom is -0.497 e. The first kappa shape index (κ1) is 22.1. The maximum absolute atomic E-state index is 13.4. The highest BCUT2D eigenvalue weighted by atomic mass is 16.5. The number of anilines is 1. The average molecular weight is 443 g/mol. The largest absolute Gasteiger partial charge is 0.497 e. The van der Waals surface area contributed by atoms with Gasteiger partial charge in [0.2, 0.25) is 5.91 Å². The van der Waals surface area contributed by atoms with Crippen LogP contribution in [0.4, 0.5) is 5.69 Å². The number of H-pyrrole nitrogens is 1. The predicted octanol–water partition coefficient (Wildman–Crippen LogP) is 4.63. The van der Waals surface area contributed by atoms with Crippen molar-refractivity contribution < 1.29 is 14.3 Å². The zero-order valence-corrected chi connectivity index (χ0v) is 18.9. The van der Waals surface area contributed by atoms with Crippen molar-refractivity contribution in [3.8, 4) is 11.5 Å². The van der Waals surface area contributed by atoms with Gasteiger partial charge in [-0.25, -0.2) is 0 Å². The van der Waals surface area contributed by atoms with Gasteiger partial charge >= 0.3 is 0 Å². The molecule has 1 amide bonds. The number of carbonyl (C=O) groups excluding carboxylic acids is 1. The molecular formula is C27H26N2O4. The molecule has 0 saturated carbocycles. The maximum Gasteiger partial charge on any atom is 0.253 e. The number of ether oxygens (including phenoxy) is 2. The molecule has 0 bridgehead atoms. The van der Waals surface area contributed by atoms with Crippen molar-refractivity contribution in [3.63, 3.8) is 0 Å². The average Bonchev–Trinajstić information content (AvgIpc) is 2.83. The lowest BCUT2D eigenvalue weighted by Gasteiger charge is -2.23. The number of amides is 1. The lowest BCUT2D eigenvalue weighted by molar-refractivity contribution is -0.118. The van der Waals surface area contributed by atoms with Gasteiger partial charge in [-0.2, -0.15) is 0 Å². The molecule has 6 heteroatoms. The zero-order valence-electron chi connectivity index (χ0n) is 18.9. The van der Waals surface area contributed by atoms with Crippen LogP contribution >= 0.6 is 0 Å². The van der Waals surface area contributed by atoms with Crippen molar-refractivity contribution in [2.75, 3.05) is 19.1 Å². The fraction of sp³-hybridized carbons (Fsp3) is 0.185. The van der Waals surface area contributed by atoms with Gasteiger partial charge in [0, 0.05) is 16.8 Å². The fourth-order valence-electron chi connectivity index (χ4n) is 3.75. The number of nitrogens with one attached hydrogen (secondary N) is 1. The molecule has 3 aromatic carbocycles. The van der Waals surface area contributed by atoms with Crippen molar-refractivity contribution >= 4 is 22.5 Å². The van der Waals surface area contributed by atoms with Gasteiger partial charge in [-0.15, -0.1) is 0 Å². The smallest absolute Gasteiger partial charge is 0.253 e. The van der Waals surface area contributed by atoms with E-state index >= 15 is 0 Å². The lowest BCUT2D eigenvalue weighted by Crippen LogP contribution is -2.34. The van der Waals surface area contributed by atoms with Gasteiger partial charge < -0.3 is 19.4 Å². The third-order valence-corrected chi connectivity index (χ3v) is 5.61. The van der Waals surface area contributed by atoms with Crippen LogP contribution in [0.5, 0.6) is 11.5 Å². The Labute approximate surface area is 192 Å². The summed E-state index contributed by atoms with van der Waals surface area (Å²) in [5, 5.41) is 0.924. The molecule has 0 radical (unpaired) electrons. The van der Waals surface area contributed by atoms with Crippen LogP contribution in [-0.2, 0) is 17.8 Å². The predicted molar refractivity (Wildman–Crippen MR) is 130 cm³/mol. The van der Waals surface area contributed by atoms with Crippen molar-refractivity contribution in [3.05, 3.63) is 99.8 Å². The Balaban J connectivity index is 1.68. The molecule has 1 heterocycles. The number of nitrogens with zero attached hydrogens (tertiary/aromatic N) is 1. The molecule has 1 N–H and O–H groups in total. The van der Waals surface area contributed by atoms with Gasteiger partial charge in [0.25, 0.3) is 5.56 Å². The number of aromatic amines is 1. The SMILES string of the molecule is COc1ccc(CC(=O)N(Cc2cc3ccc(C)cc3[nH]c2=O)c2ccc(OC)cc2)cc1. The Kier molecular flexibility index (Phi) is 6.45. The van der Waals surface area contributed by atoms with Crippen LogP contribution in [-0.4, -0.2) is 25.1 Å². The number of hydrogen-bond acceptors (Lipinski definition) is 4. The summed E-state index contributed by atoms with van der Waals surface area (Å²) in [6, 6.07) is 22.4. The Bertz CT molecular complexity index is 1330. The molecule has 168 valence electrons. The summed E-state index contributed by atoms with van der Waals surface area (Å²) >= 11 is 0. The first-order valence-electron chi connectivity index (χ1n) is 10.7. The van der Waals surface area contributed by atoms with E-state index in [2.05, 4.69) is 4.98 Å². The minimum atomic E-state index is -0.205. The quantitative estimate of drug-likeness (QED) is 0.453. The number of carbonyl (C=O) groups is 1. The number of benzene rings is 3. The summed E-state index contributed by atoms with van der Waals surface area (Å²) in [7, 11) is 3.20. The Morgan fingerprint density at radius 2 is 1.52 bits per heavy atom. The van der Waals surface area contributed by atoms with E-state index in [0.717, 1.165) is 27.8 Å². The molecule has 6 nitrogen and oxygen atoms in total. The highest BCUT2D eigenvalue weighted by Crippen LogP contribution is 2.23. The highest BCUT2D eigenvalue weighted by Gasteiger charge is 2.19. The first-order chi connectivity index (χ1) is 16.0. The van der Waals surface area contributed by atoms with Crippen molar-refractivity contribution in [1.29, 1.82) is 0 Å². The minimum absolute atomic E-state index is 0.117. The molecule has 0 aliphatic carbocycles. The second-order valence-corrected chi connectivity index (χ2v) is 7.92. The van der Waals surface area contributed by atoms with Crippen LogP contribution in [0.2, 0.25) is 0 Å². The first-order valence-corrected chi connectivity index (χ1v) is 10.7. The summed E-state index contributed by atoms with van der Waals surface area (Å²) in [6.45, 7) is 2.13. The summed E-state index contributed by atoms with van der Waals surface area (Å²) in [6.07, 6.45) is 0.195. The molecule has 0 atom stereocenters. The third kappa shape index (κ3) is 5.06. The highest BCUT2D eigenvalue weighted by molar-refractivity contribution is 5.95. The van der Waals surface area contributed by atoms with E-state index < -0.39 is 0 Å². The lowest BCUT2D eigenvalue weighted by atomic mass is 10.1. The molecule has 4 aromatic rings. The number of pyridine rings is 1. The monoisotopic (exact) mass is 442 g/mol. The Hall–Kier alpha value is -4.06. The molecule has 0 aliphatic rings. The van der Waals surface area contributed by atoms with Gasteiger partial charge in [0.15, 0.2) is 0 Å². The van der Waals surface area contributed by atoms with Crippen LogP contribution in [0.15, 0.2) is 77.6 Å². The van der Waals surface area contributed by atoms with Crippen LogP contribution in [0.1, 0.15) is 16.7 Å². The van der Waals surface area contributed by atoms with Crippen LogP contribution in [0.3, 0.4) is 0 Å². The van der Waals surface area contributed by atoms with Gasteiger partial charge in [0.1, 0.15) is 11.5 Å². The number of aromatic nitrogens is 1. The number of rotatable bonds is 7. The summed E-state index contributed by atoms with van der Waals surface area (Å²) < 4.78 is 10.5. The van der Waals surface area contributed by atoms with Crippen LogP contribution in [0.25, 0.3) is 10.9 Å². The standard InChI is InChI=1S/C27H26N2O4/c1-18-4-7-20-16-21(27(31)28-25(20)14-18)17-29(22-8-12-24(33-3)13-9-22)26(30)15-19-5-10-23(32-2)11-6-19/h4-14,16H,15,17H2,1-3H3,(H,28,31). The molecule has 1 aromatic heterocycles. The van der Waals surface area contributed by atoms with Gasteiger partial charge in [-0.1, -0.05) is 24.3 Å². The fourth-order valence-corrected chi connectivity index (χ4v) is 3.75. The van der Waals surface area contributed by atoms with Crippen LogP contribution in [0, 0.1) is 6.92 Å². The second-order valence-electron chi connectivity index (χ2n) is 7.92. The van der Waals surface area contributed by atoms with Gasteiger partial charge in [0.05, 0.1) is 27.2 Å². The molecule has 0 spiro atoms. The van der Waals surface area contributed by atoms with Crippen molar-refractivity contribution in [1.82, 2.24) is 4.98 Å². The van der Waals surface area contributed by atoms with E-state index in [-0.39, 0.29) is 24.4 Å². The van der Waals surface area contributed by atoms with E-state index in [0.29, 0.717) is 17.0 Å². The van der Waals surface area contributed by atoms with E-state index in [1.165, 1.54) is 0 Å². The Morgan fingerprint density at radius 3 is 2.15 bits per heavy atom. The number of fused-ring (bicyclic) bond motifs is 1. The van der Waals surface area contributed by atoms with E-state index in [1.54, 1.807) is 31.3 Å². The van der Waals surface area contributed by atoms with Crippen molar-refractivity contribution in [2.45, 2.75) is 19.9 Å². The second kappa shape index (κ2) is 9.61. The summed E-state index contributed by atoms with van der Waals surface area (Å²) in [4.78, 5) is 30.8. The maximum atomic E-state index is 13.4. The normalized spacial score (nSPS) is 10.8. The van der Waals surface area contributed by atoms with E-state index in [1.807, 2.05) is 67.6 Å². The number of aryl methyl sites for hydroxylation is 1. The van der Waals surface area contributed by atoms with E-state index in [9.17, 15) is 9.59 Å². The number of methoxy groups -OCH3 is 2. The van der Waals surface area contributed by atoms with Gasteiger partial charge in [-0.3, -0.25) is 9.59 Å². The van der Waals surface area contributed by atoms with Gasteiger partial charge in [-0.05, 0) is 72.0 Å². The molecule has 0 aliphatic heterocycles. The third-order valence-electron chi connectivity index (χ3n) is 5.61. The van der Waals surface area contributed by atoms with Crippen molar-refractivity contribution in [2.24, 2.45) is 0 Å². The Morgan fingerprint density at radius 1 is 0.879 bits per heavy atom. The molecule has 4 rings (SSSR count). The topological polar surface area (TPSA) is 71.6 Å². The molecular weight excluding hydrogens is 416 g/mol. The molecule has 33 heavy (non-hydrogen) atoms. The zero-order chi connectivity index (χ0) is 23.4. The molecule has 0 saturated heterocycles. The van der Waals surface area contributed by atoms with E-state index in [4.69, 9.17) is 9.47 Å².